The van der Waals surface area contributed by atoms with E-state index in [1.165, 1.54) is 5.56 Å². The summed E-state index contributed by atoms with van der Waals surface area (Å²) in [5, 5.41) is 11.6. The Kier molecular flexibility index (Phi) is 7.86. The van der Waals surface area contributed by atoms with Crippen LogP contribution in [0.5, 0.6) is 5.75 Å². The van der Waals surface area contributed by atoms with Crippen molar-refractivity contribution in [2.75, 3.05) is 18.5 Å². The number of ether oxygens (including phenoxy) is 2. The van der Waals surface area contributed by atoms with Crippen LogP contribution >= 0.6 is 0 Å². The molecule has 6 nitrogen and oxygen atoms in total. The molecule has 0 aliphatic heterocycles. The lowest BCUT2D eigenvalue weighted by atomic mass is 10.1. The lowest BCUT2D eigenvalue weighted by Crippen LogP contribution is -2.23. The molecule has 1 N–H and O–H groups in total. The Hall–Kier alpha value is -3.33. The van der Waals surface area contributed by atoms with Gasteiger partial charge in [-0.25, -0.2) is 4.79 Å². The van der Waals surface area contributed by atoms with Crippen LogP contribution in [0, 0.1) is 11.3 Å². The number of nitrogens with zero attached hydrogens (tertiary/aromatic N) is 1. The average Bonchev–Trinajstić information content (AvgIpc) is 2.70. The molecule has 0 radical (unpaired) electrons. The standard InChI is InChI=1S/C21H22N2O4/c1-2-3-6-16-9-11-18(12-10-16)23-20(24)14-27-21(25)15-26-19-8-5-4-7-17(19)13-22/h4-5,7-12H,2-3,6,14-15H2,1H3,(H,23,24). The maximum Gasteiger partial charge on any atom is 0.344 e. The van der Waals surface area contributed by atoms with Gasteiger partial charge in [-0.05, 0) is 42.7 Å². The Bertz CT molecular complexity index is 810. The number of anilines is 1. The number of nitriles is 1. The van der Waals surface area contributed by atoms with Crippen molar-refractivity contribution < 1.29 is 19.1 Å². The summed E-state index contributed by atoms with van der Waals surface area (Å²) in [6.07, 6.45) is 3.27. The van der Waals surface area contributed by atoms with Crippen molar-refractivity contribution in [3.05, 3.63) is 59.7 Å². The predicted molar refractivity (Wildman–Crippen MR) is 101 cm³/mol. The summed E-state index contributed by atoms with van der Waals surface area (Å²) in [6, 6.07) is 16.1. The quantitative estimate of drug-likeness (QED) is 0.687. The van der Waals surface area contributed by atoms with Crippen LogP contribution in [0.25, 0.3) is 0 Å². The zero-order chi connectivity index (χ0) is 19.5. The highest BCUT2D eigenvalue weighted by molar-refractivity contribution is 5.92. The molecule has 0 heterocycles. The van der Waals surface area contributed by atoms with Crippen LogP contribution in [-0.2, 0) is 20.7 Å². The molecule has 2 aromatic carbocycles. The number of unbranched alkanes of at least 4 members (excludes halogenated alkanes) is 1. The van der Waals surface area contributed by atoms with Crippen LogP contribution in [0.3, 0.4) is 0 Å². The molecular weight excluding hydrogens is 344 g/mol. The first-order chi connectivity index (χ1) is 13.1. The number of hydrogen-bond acceptors (Lipinski definition) is 5. The molecule has 0 unspecified atom stereocenters. The van der Waals surface area contributed by atoms with Crippen LogP contribution in [0.2, 0.25) is 0 Å². The van der Waals surface area contributed by atoms with Gasteiger partial charge in [-0.15, -0.1) is 0 Å². The van der Waals surface area contributed by atoms with E-state index in [1.54, 1.807) is 24.3 Å². The number of nitrogens with one attached hydrogen (secondary N) is 1. The van der Waals surface area contributed by atoms with Crippen LogP contribution in [0.15, 0.2) is 48.5 Å². The molecule has 2 aromatic rings. The van der Waals surface area contributed by atoms with Gasteiger partial charge in [0.1, 0.15) is 11.8 Å². The maximum absolute atomic E-state index is 11.9. The SMILES string of the molecule is CCCCc1ccc(NC(=O)COC(=O)COc2ccccc2C#N)cc1. The molecular formula is C21H22N2O4. The fraction of sp³-hybridized carbons (Fsp3) is 0.286. The summed E-state index contributed by atoms with van der Waals surface area (Å²) < 4.78 is 10.1. The van der Waals surface area contributed by atoms with E-state index >= 15 is 0 Å². The second-order valence-corrected chi connectivity index (χ2v) is 5.91. The summed E-state index contributed by atoms with van der Waals surface area (Å²) in [7, 11) is 0. The maximum atomic E-state index is 11.9. The molecule has 27 heavy (non-hydrogen) atoms. The Balaban J connectivity index is 1.73. The molecule has 1 amide bonds. The number of amides is 1. The third-order valence-corrected chi connectivity index (χ3v) is 3.77. The minimum atomic E-state index is -0.687. The van der Waals surface area contributed by atoms with Crippen molar-refractivity contribution in [1.82, 2.24) is 0 Å². The molecule has 0 saturated carbocycles. The molecule has 0 bridgehead atoms. The molecule has 0 saturated heterocycles. The summed E-state index contributed by atoms with van der Waals surface area (Å²) in [5.41, 5.74) is 2.19. The van der Waals surface area contributed by atoms with Gasteiger partial charge in [0, 0.05) is 5.69 Å². The molecule has 0 aromatic heterocycles. The molecule has 2 rings (SSSR count). The Morgan fingerprint density at radius 2 is 1.81 bits per heavy atom. The average molecular weight is 366 g/mol. The summed E-state index contributed by atoms with van der Waals surface area (Å²) in [4.78, 5) is 23.6. The number of esters is 1. The lowest BCUT2D eigenvalue weighted by molar-refractivity contribution is -0.149. The topological polar surface area (TPSA) is 88.4 Å². The fourth-order valence-electron chi connectivity index (χ4n) is 2.34. The monoisotopic (exact) mass is 366 g/mol. The molecule has 0 spiro atoms. The number of para-hydroxylation sites is 1. The second kappa shape index (κ2) is 10.6. The number of aryl methyl sites for hydroxylation is 1. The Morgan fingerprint density at radius 3 is 2.52 bits per heavy atom. The molecule has 140 valence electrons. The van der Waals surface area contributed by atoms with Crippen molar-refractivity contribution in [2.24, 2.45) is 0 Å². The first kappa shape index (κ1) is 20.0. The highest BCUT2D eigenvalue weighted by atomic mass is 16.6. The van der Waals surface area contributed by atoms with Crippen molar-refractivity contribution in [2.45, 2.75) is 26.2 Å². The highest BCUT2D eigenvalue weighted by Crippen LogP contribution is 2.16. The first-order valence-electron chi connectivity index (χ1n) is 8.78. The smallest absolute Gasteiger partial charge is 0.344 e. The predicted octanol–water partition coefficient (Wildman–Crippen LogP) is 3.46. The van der Waals surface area contributed by atoms with E-state index in [0.717, 1.165) is 19.3 Å². The van der Waals surface area contributed by atoms with Gasteiger partial charge in [-0.1, -0.05) is 37.6 Å². The Morgan fingerprint density at radius 1 is 1.07 bits per heavy atom. The van der Waals surface area contributed by atoms with Crippen LogP contribution in [0.1, 0.15) is 30.9 Å². The molecule has 6 heteroatoms. The van der Waals surface area contributed by atoms with Gasteiger partial charge in [0.15, 0.2) is 13.2 Å². The van der Waals surface area contributed by atoms with Crippen LogP contribution in [-0.4, -0.2) is 25.1 Å². The van der Waals surface area contributed by atoms with E-state index in [-0.39, 0.29) is 6.61 Å². The summed E-state index contributed by atoms with van der Waals surface area (Å²) in [5.74, 6) is -0.820. The summed E-state index contributed by atoms with van der Waals surface area (Å²) in [6.45, 7) is 1.36. The van der Waals surface area contributed by atoms with Crippen molar-refractivity contribution in [3.63, 3.8) is 0 Å². The first-order valence-corrected chi connectivity index (χ1v) is 8.78. The number of hydrogen-bond donors (Lipinski definition) is 1. The molecule has 0 aliphatic rings. The number of rotatable bonds is 9. The van der Waals surface area contributed by atoms with E-state index in [4.69, 9.17) is 14.7 Å². The minimum absolute atomic E-state index is 0.296. The number of carbonyl (C=O) groups is 2. The zero-order valence-electron chi connectivity index (χ0n) is 15.2. The summed E-state index contributed by atoms with van der Waals surface area (Å²) >= 11 is 0. The Labute approximate surface area is 158 Å². The van der Waals surface area contributed by atoms with Crippen LogP contribution < -0.4 is 10.1 Å². The van der Waals surface area contributed by atoms with Crippen LogP contribution in [0.4, 0.5) is 5.69 Å². The fourth-order valence-corrected chi connectivity index (χ4v) is 2.34. The highest BCUT2D eigenvalue weighted by Gasteiger charge is 2.10. The van der Waals surface area contributed by atoms with Gasteiger partial charge >= 0.3 is 5.97 Å². The van der Waals surface area contributed by atoms with Gasteiger partial charge in [0.25, 0.3) is 5.91 Å². The lowest BCUT2D eigenvalue weighted by Gasteiger charge is -2.09. The molecule has 0 aliphatic carbocycles. The van der Waals surface area contributed by atoms with E-state index in [9.17, 15) is 9.59 Å². The number of carbonyl (C=O) groups excluding carboxylic acids is 2. The second-order valence-electron chi connectivity index (χ2n) is 5.91. The van der Waals surface area contributed by atoms with E-state index in [2.05, 4.69) is 12.2 Å². The number of benzene rings is 2. The third-order valence-electron chi connectivity index (χ3n) is 3.77. The van der Waals surface area contributed by atoms with E-state index in [0.29, 0.717) is 17.0 Å². The van der Waals surface area contributed by atoms with Gasteiger partial charge in [0.05, 0.1) is 5.56 Å². The van der Waals surface area contributed by atoms with Gasteiger partial charge in [0.2, 0.25) is 0 Å². The molecule has 0 fully saturated rings. The third kappa shape index (κ3) is 6.83. The molecule has 0 atom stereocenters. The van der Waals surface area contributed by atoms with Gasteiger partial charge < -0.3 is 14.8 Å². The van der Waals surface area contributed by atoms with E-state index < -0.39 is 18.5 Å². The normalized spacial score (nSPS) is 9.93. The zero-order valence-corrected chi connectivity index (χ0v) is 15.2. The van der Waals surface area contributed by atoms with Crippen molar-refractivity contribution in [1.29, 1.82) is 5.26 Å². The minimum Gasteiger partial charge on any atom is -0.481 e. The van der Waals surface area contributed by atoms with Gasteiger partial charge in [-0.2, -0.15) is 5.26 Å². The van der Waals surface area contributed by atoms with E-state index in [1.807, 2.05) is 30.3 Å². The van der Waals surface area contributed by atoms with Crippen molar-refractivity contribution in [3.8, 4) is 11.8 Å². The largest absolute Gasteiger partial charge is 0.481 e. The van der Waals surface area contributed by atoms with Crippen molar-refractivity contribution >= 4 is 17.6 Å². The van der Waals surface area contributed by atoms with Gasteiger partial charge in [-0.3, -0.25) is 4.79 Å².